The van der Waals surface area contributed by atoms with Crippen molar-refractivity contribution in [3.05, 3.63) is 82.4 Å². The van der Waals surface area contributed by atoms with Gasteiger partial charge in [-0.3, -0.25) is 9.59 Å². The number of carbonyl (C=O) groups is 2. The molecule has 2 amide bonds. The van der Waals surface area contributed by atoms with Gasteiger partial charge in [0.1, 0.15) is 5.76 Å². The second-order valence-corrected chi connectivity index (χ2v) is 8.03. The maximum absolute atomic E-state index is 12.5. The van der Waals surface area contributed by atoms with Crippen LogP contribution in [-0.4, -0.2) is 18.9 Å². The molecular weight excluding hydrogens is 476 g/mol. The minimum Gasteiger partial charge on any atom is -0.493 e. The lowest BCUT2D eigenvalue weighted by Crippen LogP contribution is -2.27. The smallest absolute Gasteiger partial charge is 0.291 e. The van der Waals surface area contributed by atoms with E-state index in [9.17, 15) is 9.59 Å². The molecule has 4 aromatic rings. The van der Waals surface area contributed by atoms with Crippen molar-refractivity contribution in [2.75, 3.05) is 12.4 Å². The van der Waals surface area contributed by atoms with Crippen LogP contribution in [0.3, 0.4) is 0 Å². The van der Waals surface area contributed by atoms with Crippen LogP contribution in [0, 0.1) is 0 Å². The molecule has 2 aromatic carbocycles. The SMILES string of the molecule is COc1cccc2cc(C(C)NC(=O)Cc3ccc(NC(=O)c4ccc(Br)o4)cc3)oc12. The summed E-state index contributed by atoms with van der Waals surface area (Å²) < 4.78 is 17.0. The molecule has 2 heterocycles. The molecule has 2 aromatic heterocycles. The number of fused-ring (bicyclic) bond motifs is 1. The topological polar surface area (TPSA) is 93.7 Å². The lowest BCUT2D eigenvalue weighted by atomic mass is 10.1. The molecule has 7 nitrogen and oxygen atoms in total. The number of rotatable bonds is 7. The number of amides is 2. The molecule has 0 fully saturated rings. The van der Waals surface area contributed by atoms with Crippen molar-refractivity contribution in [1.29, 1.82) is 0 Å². The highest BCUT2D eigenvalue weighted by Crippen LogP contribution is 2.30. The van der Waals surface area contributed by atoms with Crippen LogP contribution in [0.2, 0.25) is 0 Å². The summed E-state index contributed by atoms with van der Waals surface area (Å²) in [6.45, 7) is 1.87. The normalized spacial score (nSPS) is 11.8. The summed E-state index contributed by atoms with van der Waals surface area (Å²) in [6, 6.07) is 17.6. The van der Waals surface area contributed by atoms with E-state index in [1.807, 2.05) is 31.2 Å². The Morgan fingerprint density at radius 1 is 1.06 bits per heavy atom. The van der Waals surface area contributed by atoms with Crippen molar-refractivity contribution < 1.29 is 23.2 Å². The zero-order valence-electron chi connectivity index (χ0n) is 17.5. The number of para-hydroxylation sites is 1. The maximum Gasteiger partial charge on any atom is 0.291 e. The van der Waals surface area contributed by atoms with Gasteiger partial charge in [-0.15, -0.1) is 0 Å². The van der Waals surface area contributed by atoms with Crippen LogP contribution in [0.25, 0.3) is 11.0 Å². The third-order valence-electron chi connectivity index (χ3n) is 4.92. The molecule has 1 unspecified atom stereocenters. The Bertz CT molecular complexity index is 1260. The second-order valence-electron chi connectivity index (χ2n) is 7.25. The van der Waals surface area contributed by atoms with Crippen molar-refractivity contribution >= 4 is 44.4 Å². The molecule has 4 rings (SSSR count). The van der Waals surface area contributed by atoms with Gasteiger partial charge in [0.25, 0.3) is 5.91 Å². The van der Waals surface area contributed by atoms with E-state index in [1.54, 1.807) is 43.5 Å². The van der Waals surface area contributed by atoms with Gasteiger partial charge in [0.05, 0.1) is 19.6 Å². The summed E-state index contributed by atoms with van der Waals surface area (Å²) >= 11 is 3.17. The van der Waals surface area contributed by atoms with Crippen LogP contribution >= 0.6 is 15.9 Å². The number of carbonyl (C=O) groups excluding carboxylic acids is 2. The lowest BCUT2D eigenvalue weighted by Gasteiger charge is -2.12. The largest absolute Gasteiger partial charge is 0.493 e. The number of furan rings is 2. The molecule has 0 aliphatic rings. The second kappa shape index (κ2) is 9.32. The zero-order valence-corrected chi connectivity index (χ0v) is 19.1. The fourth-order valence-corrected chi connectivity index (χ4v) is 3.62. The van der Waals surface area contributed by atoms with Crippen LogP contribution in [0.1, 0.15) is 34.8 Å². The molecule has 0 radical (unpaired) electrons. The van der Waals surface area contributed by atoms with Gasteiger partial charge < -0.3 is 24.2 Å². The maximum atomic E-state index is 12.5. The molecule has 0 spiro atoms. The van der Waals surface area contributed by atoms with Gasteiger partial charge in [0.15, 0.2) is 21.8 Å². The monoisotopic (exact) mass is 496 g/mol. The number of hydrogen-bond donors (Lipinski definition) is 2. The molecular formula is C24H21BrN2O5. The molecule has 0 saturated carbocycles. The number of ether oxygens (including phenoxy) is 1. The first kappa shape index (κ1) is 21.7. The Hall–Kier alpha value is -3.52. The quantitative estimate of drug-likeness (QED) is 0.353. The van der Waals surface area contributed by atoms with E-state index >= 15 is 0 Å². The molecule has 0 aliphatic heterocycles. The average Bonchev–Trinajstić information content (AvgIpc) is 3.41. The first-order valence-corrected chi connectivity index (χ1v) is 10.7. The van der Waals surface area contributed by atoms with Gasteiger partial charge in [0.2, 0.25) is 5.91 Å². The Morgan fingerprint density at radius 3 is 2.53 bits per heavy atom. The van der Waals surface area contributed by atoms with Gasteiger partial charge >= 0.3 is 0 Å². The summed E-state index contributed by atoms with van der Waals surface area (Å²) in [5, 5.41) is 6.62. The summed E-state index contributed by atoms with van der Waals surface area (Å²) in [4.78, 5) is 24.7. The third kappa shape index (κ3) is 4.86. The van der Waals surface area contributed by atoms with Crippen molar-refractivity contribution in [3.8, 4) is 5.75 Å². The number of halogens is 1. The predicted octanol–water partition coefficient (Wildman–Crippen LogP) is 5.47. The fourth-order valence-electron chi connectivity index (χ4n) is 3.31. The highest BCUT2D eigenvalue weighted by molar-refractivity contribution is 9.10. The van der Waals surface area contributed by atoms with E-state index in [-0.39, 0.29) is 30.0 Å². The van der Waals surface area contributed by atoms with Crippen LogP contribution in [0.4, 0.5) is 5.69 Å². The van der Waals surface area contributed by atoms with Crippen LogP contribution in [0.15, 0.2) is 74.2 Å². The highest BCUT2D eigenvalue weighted by atomic mass is 79.9. The summed E-state index contributed by atoms with van der Waals surface area (Å²) in [5.41, 5.74) is 2.08. The van der Waals surface area contributed by atoms with Gasteiger partial charge in [-0.25, -0.2) is 0 Å². The molecule has 0 saturated heterocycles. The van der Waals surface area contributed by atoms with E-state index in [2.05, 4.69) is 26.6 Å². The average molecular weight is 497 g/mol. The number of hydrogen-bond acceptors (Lipinski definition) is 5. The van der Waals surface area contributed by atoms with Gasteiger partial charge in [-0.05, 0) is 64.8 Å². The van der Waals surface area contributed by atoms with E-state index in [1.165, 1.54) is 0 Å². The standard InChI is InChI=1S/C24H21BrN2O5/c1-14(20-13-16-4-3-5-18(30-2)23(16)32-20)26-22(28)12-15-6-8-17(9-7-15)27-24(29)19-10-11-21(25)31-19/h3-11,13-14H,12H2,1-2H3,(H,26,28)(H,27,29). The van der Waals surface area contributed by atoms with Gasteiger partial charge in [-0.2, -0.15) is 0 Å². The zero-order chi connectivity index (χ0) is 22.7. The van der Waals surface area contributed by atoms with Crippen molar-refractivity contribution in [2.45, 2.75) is 19.4 Å². The number of nitrogens with one attached hydrogen (secondary N) is 2. The number of methoxy groups -OCH3 is 1. The fraction of sp³-hybridized carbons (Fsp3) is 0.167. The van der Waals surface area contributed by atoms with Crippen molar-refractivity contribution in [2.24, 2.45) is 0 Å². The predicted molar refractivity (Wildman–Crippen MR) is 124 cm³/mol. The molecule has 1 atom stereocenters. The first-order chi connectivity index (χ1) is 15.4. The minimum atomic E-state index is -0.350. The molecule has 2 N–H and O–H groups in total. The van der Waals surface area contributed by atoms with Gasteiger partial charge in [-0.1, -0.05) is 24.3 Å². The lowest BCUT2D eigenvalue weighted by molar-refractivity contribution is -0.121. The molecule has 164 valence electrons. The molecule has 0 bridgehead atoms. The number of anilines is 1. The Morgan fingerprint density at radius 2 is 1.84 bits per heavy atom. The van der Waals surface area contributed by atoms with Crippen LogP contribution in [0.5, 0.6) is 5.75 Å². The third-order valence-corrected chi connectivity index (χ3v) is 5.35. The molecule has 32 heavy (non-hydrogen) atoms. The van der Waals surface area contributed by atoms with Crippen LogP contribution in [-0.2, 0) is 11.2 Å². The molecule has 8 heteroatoms. The van der Waals surface area contributed by atoms with E-state index in [0.29, 0.717) is 27.4 Å². The molecule has 0 aliphatic carbocycles. The first-order valence-electron chi connectivity index (χ1n) is 9.94. The Labute approximate surface area is 192 Å². The van der Waals surface area contributed by atoms with E-state index in [0.717, 1.165) is 10.9 Å². The van der Waals surface area contributed by atoms with E-state index < -0.39 is 0 Å². The van der Waals surface area contributed by atoms with Crippen molar-refractivity contribution in [3.63, 3.8) is 0 Å². The van der Waals surface area contributed by atoms with Gasteiger partial charge in [0, 0.05) is 11.1 Å². The Kier molecular flexibility index (Phi) is 6.32. The van der Waals surface area contributed by atoms with E-state index in [4.69, 9.17) is 13.6 Å². The Balaban J connectivity index is 1.35. The summed E-state index contributed by atoms with van der Waals surface area (Å²) in [5.74, 6) is 1.02. The summed E-state index contributed by atoms with van der Waals surface area (Å²) in [6.07, 6.45) is 0.202. The van der Waals surface area contributed by atoms with Crippen LogP contribution < -0.4 is 15.4 Å². The summed E-state index contributed by atoms with van der Waals surface area (Å²) in [7, 11) is 1.59. The number of benzene rings is 2. The van der Waals surface area contributed by atoms with Crippen molar-refractivity contribution in [1.82, 2.24) is 5.32 Å². The highest BCUT2D eigenvalue weighted by Gasteiger charge is 2.16. The minimum absolute atomic E-state index is 0.137.